The highest BCUT2D eigenvalue weighted by molar-refractivity contribution is 5.97. The third kappa shape index (κ3) is 5.12. The van der Waals surface area contributed by atoms with Crippen LogP contribution in [0.4, 0.5) is 0 Å². The first-order valence-corrected chi connectivity index (χ1v) is 6.54. The summed E-state index contributed by atoms with van der Waals surface area (Å²) in [5.74, 6) is -0.642. The van der Waals surface area contributed by atoms with Crippen LogP contribution in [0.15, 0.2) is 24.3 Å². The van der Waals surface area contributed by atoms with Crippen molar-refractivity contribution in [1.29, 1.82) is 0 Å². The number of hydrogen-bond donors (Lipinski definition) is 2. The molecular weight excluding hydrogens is 242 g/mol. The molecule has 1 atom stereocenters. The molecule has 0 bridgehead atoms. The molecule has 0 fully saturated rings. The largest absolute Gasteiger partial charge is 0.478 e. The quantitative estimate of drug-likeness (QED) is 0.829. The second kappa shape index (κ2) is 6.92. The van der Waals surface area contributed by atoms with E-state index in [0.717, 1.165) is 12.8 Å². The third-order valence-electron chi connectivity index (χ3n) is 2.93. The molecule has 0 aromatic heterocycles. The maximum absolute atomic E-state index is 12.0. The number of carbonyl (C=O) groups is 2. The van der Waals surface area contributed by atoms with Gasteiger partial charge in [-0.05, 0) is 43.9 Å². The van der Waals surface area contributed by atoms with E-state index in [9.17, 15) is 9.59 Å². The SMILES string of the molecule is CC(C)CCC(C)NC(=O)c1cccc(C(=O)O)c1. The summed E-state index contributed by atoms with van der Waals surface area (Å²) in [5.41, 5.74) is 0.513. The molecule has 1 aromatic rings. The molecule has 1 aromatic carbocycles. The fourth-order valence-electron chi connectivity index (χ4n) is 1.76. The minimum atomic E-state index is -1.03. The zero-order valence-electron chi connectivity index (χ0n) is 11.6. The monoisotopic (exact) mass is 263 g/mol. The fourth-order valence-corrected chi connectivity index (χ4v) is 1.76. The predicted molar refractivity (Wildman–Crippen MR) is 74.4 cm³/mol. The van der Waals surface area contributed by atoms with Gasteiger partial charge in [0, 0.05) is 11.6 Å². The van der Waals surface area contributed by atoms with Crippen molar-refractivity contribution in [2.45, 2.75) is 39.7 Å². The van der Waals surface area contributed by atoms with Crippen LogP contribution < -0.4 is 5.32 Å². The molecule has 104 valence electrons. The van der Waals surface area contributed by atoms with Gasteiger partial charge in [0.1, 0.15) is 0 Å². The maximum atomic E-state index is 12.0. The molecule has 0 spiro atoms. The van der Waals surface area contributed by atoms with E-state index in [-0.39, 0.29) is 17.5 Å². The van der Waals surface area contributed by atoms with Crippen molar-refractivity contribution in [3.8, 4) is 0 Å². The van der Waals surface area contributed by atoms with E-state index in [4.69, 9.17) is 5.11 Å². The molecule has 19 heavy (non-hydrogen) atoms. The van der Waals surface area contributed by atoms with Crippen LogP contribution in [0.2, 0.25) is 0 Å². The Kier molecular flexibility index (Phi) is 5.55. The van der Waals surface area contributed by atoms with Gasteiger partial charge in [-0.2, -0.15) is 0 Å². The molecular formula is C15H21NO3. The number of carbonyl (C=O) groups excluding carboxylic acids is 1. The van der Waals surface area contributed by atoms with Crippen LogP contribution in [0.25, 0.3) is 0 Å². The van der Waals surface area contributed by atoms with E-state index < -0.39 is 5.97 Å². The zero-order valence-corrected chi connectivity index (χ0v) is 11.6. The number of carboxylic acid groups (broad SMARTS) is 1. The Morgan fingerprint density at radius 1 is 1.16 bits per heavy atom. The summed E-state index contributed by atoms with van der Waals surface area (Å²) in [7, 11) is 0. The Morgan fingerprint density at radius 3 is 2.37 bits per heavy atom. The van der Waals surface area contributed by atoms with Crippen LogP contribution in [0.1, 0.15) is 54.3 Å². The van der Waals surface area contributed by atoms with Crippen LogP contribution in [0.3, 0.4) is 0 Å². The summed E-state index contributed by atoms with van der Waals surface area (Å²) in [6, 6.07) is 6.16. The lowest BCUT2D eigenvalue weighted by Gasteiger charge is -2.15. The van der Waals surface area contributed by atoms with Gasteiger partial charge in [0.05, 0.1) is 5.56 Å². The van der Waals surface area contributed by atoms with Gasteiger partial charge >= 0.3 is 5.97 Å². The third-order valence-corrected chi connectivity index (χ3v) is 2.93. The summed E-state index contributed by atoms with van der Waals surface area (Å²) in [6.45, 7) is 6.25. The second-order valence-electron chi connectivity index (χ2n) is 5.23. The van der Waals surface area contributed by atoms with E-state index in [1.165, 1.54) is 12.1 Å². The molecule has 4 heteroatoms. The molecule has 2 N–H and O–H groups in total. The predicted octanol–water partition coefficient (Wildman–Crippen LogP) is 2.94. The Hall–Kier alpha value is -1.84. The molecule has 0 radical (unpaired) electrons. The van der Waals surface area contributed by atoms with Gasteiger partial charge in [-0.1, -0.05) is 19.9 Å². The van der Waals surface area contributed by atoms with Crippen molar-refractivity contribution in [2.75, 3.05) is 0 Å². The van der Waals surface area contributed by atoms with Crippen molar-refractivity contribution in [3.63, 3.8) is 0 Å². The highest BCUT2D eigenvalue weighted by Gasteiger charge is 2.12. The number of aromatic carboxylic acids is 1. The van der Waals surface area contributed by atoms with Crippen molar-refractivity contribution in [2.24, 2.45) is 5.92 Å². The number of benzene rings is 1. The van der Waals surface area contributed by atoms with Gasteiger partial charge in [-0.15, -0.1) is 0 Å². The molecule has 0 aliphatic heterocycles. The maximum Gasteiger partial charge on any atom is 0.335 e. The molecule has 0 heterocycles. The zero-order chi connectivity index (χ0) is 14.4. The van der Waals surface area contributed by atoms with E-state index >= 15 is 0 Å². The summed E-state index contributed by atoms with van der Waals surface area (Å²) in [5, 5.41) is 11.8. The second-order valence-corrected chi connectivity index (χ2v) is 5.23. The standard InChI is InChI=1S/C15H21NO3/c1-10(2)7-8-11(3)16-14(17)12-5-4-6-13(9-12)15(18)19/h4-6,9-11H,7-8H2,1-3H3,(H,16,17)(H,18,19). The van der Waals surface area contributed by atoms with Crippen LogP contribution >= 0.6 is 0 Å². The van der Waals surface area contributed by atoms with Crippen molar-refractivity contribution < 1.29 is 14.7 Å². The molecule has 4 nitrogen and oxygen atoms in total. The van der Waals surface area contributed by atoms with E-state index in [1.54, 1.807) is 12.1 Å². The normalized spacial score (nSPS) is 12.2. The number of amides is 1. The van der Waals surface area contributed by atoms with Crippen LogP contribution in [-0.4, -0.2) is 23.0 Å². The molecule has 0 saturated carbocycles. The van der Waals surface area contributed by atoms with Crippen LogP contribution in [0.5, 0.6) is 0 Å². The first-order valence-electron chi connectivity index (χ1n) is 6.54. The Morgan fingerprint density at radius 2 is 1.79 bits per heavy atom. The minimum absolute atomic E-state index is 0.0865. The first-order chi connectivity index (χ1) is 8.90. The van der Waals surface area contributed by atoms with Crippen molar-refractivity contribution in [1.82, 2.24) is 5.32 Å². The number of rotatable bonds is 6. The average Bonchev–Trinajstić information content (AvgIpc) is 2.36. The van der Waals surface area contributed by atoms with Gasteiger partial charge in [0.25, 0.3) is 5.91 Å². The smallest absolute Gasteiger partial charge is 0.335 e. The van der Waals surface area contributed by atoms with Gasteiger partial charge in [-0.3, -0.25) is 4.79 Å². The summed E-state index contributed by atoms with van der Waals surface area (Å²) in [6.07, 6.45) is 1.97. The van der Waals surface area contributed by atoms with E-state index in [2.05, 4.69) is 19.2 Å². The van der Waals surface area contributed by atoms with Crippen LogP contribution in [-0.2, 0) is 0 Å². The number of nitrogens with one attached hydrogen (secondary N) is 1. The topological polar surface area (TPSA) is 66.4 Å². The summed E-state index contributed by atoms with van der Waals surface area (Å²) < 4.78 is 0. The lowest BCUT2D eigenvalue weighted by atomic mass is 10.0. The Labute approximate surface area is 113 Å². The van der Waals surface area contributed by atoms with E-state index in [0.29, 0.717) is 11.5 Å². The molecule has 1 rings (SSSR count). The first kappa shape index (κ1) is 15.2. The highest BCUT2D eigenvalue weighted by Crippen LogP contribution is 2.09. The molecule has 0 aliphatic carbocycles. The molecule has 1 unspecified atom stereocenters. The Bertz CT molecular complexity index is 454. The van der Waals surface area contributed by atoms with Gasteiger partial charge in [0.2, 0.25) is 0 Å². The lowest BCUT2D eigenvalue weighted by molar-refractivity contribution is 0.0697. The molecule has 1 amide bonds. The molecule has 0 aliphatic rings. The van der Waals surface area contributed by atoms with Gasteiger partial charge in [-0.25, -0.2) is 4.79 Å². The number of hydrogen-bond acceptors (Lipinski definition) is 2. The average molecular weight is 263 g/mol. The summed E-state index contributed by atoms with van der Waals surface area (Å²) in [4.78, 5) is 22.8. The van der Waals surface area contributed by atoms with E-state index in [1.807, 2.05) is 6.92 Å². The molecule has 0 saturated heterocycles. The summed E-state index contributed by atoms with van der Waals surface area (Å²) >= 11 is 0. The lowest BCUT2D eigenvalue weighted by Crippen LogP contribution is -2.32. The van der Waals surface area contributed by atoms with Gasteiger partial charge < -0.3 is 10.4 Å². The van der Waals surface area contributed by atoms with Crippen LogP contribution in [0, 0.1) is 5.92 Å². The van der Waals surface area contributed by atoms with Crippen molar-refractivity contribution in [3.05, 3.63) is 35.4 Å². The Balaban J connectivity index is 2.62. The highest BCUT2D eigenvalue weighted by atomic mass is 16.4. The fraction of sp³-hybridized carbons (Fsp3) is 0.467. The number of carboxylic acids is 1. The van der Waals surface area contributed by atoms with Crippen molar-refractivity contribution >= 4 is 11.9 Å². The van der Waals surface area contributed by atoms with Gasteiger partial charge in [0.15, 0.2) is 0 Å². The minimum Gasteiger partial charge on any atom is -0.478 e.